The highest BCUT2D eigenvalue weighted by Gasteiger charge is 2.35. The number of rotatable bonds is 5. The Labute approximate surface area is 187 Å². The Bertz CT molecular complexity index is 1030. The van der Waals surface area contributed by atoms with Crippen LogP contribution in [-0.4, -0.2) is 39.0 Å². The van der Waals surface area contributed by atoms with Crippen LogP contribution in [-0.2, 0) is 17.8 Å². The molecule has 2 heterocycles. The summed E-state index contributed by atoms with van der Waals surface area (Å²) in [6.45, 7) is 8.73. The van der Waals surface area contributed by atoms with Crippen LogP contribution >= 0.6 is 11.8 Å². The van der Waals surface area contributed by atoms with Gasteiger partial charge in [0, 0.05) is 5.56 Å². The summed E-state index contributed by atoms with van der Waals surface area (Å²) in [5, 5.41) is 18.5. The number of carbonyl (C=O) groups is 1. The highest BCUT2D eigenvalue weighted by Crippen LogP contribution is 2.43. The van der Waals surface area contributed by atoms with Gasteiger partial charge < -0.3 is 14.6 Å². The Hall–Kier alpha value is -2.67. The molecule has 2 aliphatic rings. The van der Waals surface area contributed by atoms with Gasteiger partial charge in [-0.25, -0.2) is 0 Å². The van der Waals surface area contributed by atoms with Gasteiger partial charge in [0.2, 0.25) is 5.91 Å². The average Bonchev–Trinajstić information content (AvgIpc) is 3.08. The summed E-state index contributed by atoms with van der Waals surface area (Å²) >= 11 is 1.27. The second kappa shape index (κ2) is 8.11. The molecule has 0 radical (unpaired) electrons. The van der Waals surface area contributed by atoms with Gasteiger partial charge in [0.1, 0.15) is 29.5 Å². The Balaban J connectivity index is 1.42. The van der Waals surface area contributed by atoms with Gasteiger partial charge in [-0.15, -0.1) is 0 Å². The summed E-state index contributed by atoms with van der Waals surface area (Å²) in [5.41, 5.74) is 4.33. The molecule has 4 rings (SSSR count). The maximum absolute atomic E-state index is 11.9. The van der Waals surface area contributed by atoms with Crippen LogP contribution in [0.4, 0.5) is 0 Å². The van der Waals surface area contributed by atoms with Crippen LogP contribution in [0, 0.1) is 26.2 Å². The van der Waals surface area contributed by atoms with Gasteiger partial charge in [-0.05, 0) is 74.9 Å². The molecule has 2 aromatic carbocycles. The minimum Gasteiger partial charge on any atom is -0.507 e. The summed E-state index contributed by atoms with van der Waals surface area (Å²) in [7, 11) is 0. The second-order valence-corrected chi connectivity index (χ2v) is 9.55. The van der Waals surface area contributed by atoms with E-state index < -0.39 is 5.60 Å². The summed E-state index contributed by atoms with van der Waals surface area (Å²) < 4.78 is 12.5. The van der Waals surface area contributed by atoms with Crippen LogP contribution in [0.15, 0.2) is 24.3 Å². The number of hydrogen-bond acceptors (Lipinski definition) is 6. The van der Waals surface area contributed by atoms with Crippen LogP contribution in [0.3, 0.4) is 0 Å². The van der Waals surface area contributed by atoms with E-state index in [0.29, 0.717) is 29.8 Å². The number of benzene rings is 2. The zero-order valence-corrected chi connectivity index (χ0v) is 19.2. The van der Waals surface area contributed by atoms with Gasteiger partial charge in [-0.2, -0.15) is 0 Å². The normalized spacial score (nSPS) is 20.6. The van der Waals surface area contributed by atoms with Crippen LogP contribution in [0.5, 0.6) is 17.2 Å². The molecule has 2 N–H and O–H groups in total. The fraction of sp³-hybridized carbons (Fsp3) is 0.417. The van der Waals surface area contributed by atoms with Gasteiger partial charge in [0.15, 0.2) is 5.17 Å². The van der Waals surface area contributed by atoms with Crippen molar-refractivity contribution in [3.8, 4) is 17.2 Å². The first kappa shape index (κ1) is 21.6. The highest BCUT2D eigenvalue weighted by atomic mass is 32.2. The molecule has 1 atom stereocenters. The van der Waals surface area contributed by atoms with Gasteiger partial charge in [-0.3, -0.25) is 15.1 Å². The first-order valence-electron chi connectivity index (χ1n) is 10.4. The third kappa shape index (κ3) is 4.11. The number of phenolic OH excluding ortho intramolecular Hbond substituents is 1. The van der Waals surface area contributed by atoms with Crippen LogP contribution in [0.2, 0.25) is 0 Å². The monoisotopic (exact) mass is 440 g/mol. The number of nitrogens with one attached hydrogen (secondary N) is 1. The van der Waals surface area contributed by atoms with Crippen molar-refractivity contribution in [3.05, 3.63) is 52.1 Å². The minimum atomic E-state index is -0.458. The third-order valence-corrected chi connectivity index (χ3v) is 7.16. The van der Waals surface area contributed by atoms with Crippen LogP contribution in [0.1, 0.15) is 41.2 Å². The maximum Gasteiger partial charge on any atom is 0.239 e. The lowest BCUT2D eigenvalue weighted by Crippen LogP contribution is -2.42. The SMILES string of the molecule is Cc1c(C)c2c(c(C)c1O)CCC(C)(COc1ccc(CN3C(=N)SCC3=O)cc1)O2. The van der Waals surface area contributed by atoms with E-state index in [1.54, 1.807) is 0 Å². The molecule has 0 bridgehead atoms. The smallest absolute Gasteiger partial charge is 0.239 e. The molecule has 0 saturated carbocycles. The lowest BCUT2D eigenvalue weighted by molar-refractivity contribution is -0.124. The fourth-order valence-electron chi connectivity index (χ4n) is 4.07. The summed E-state index contributed by atoms with van der Waals surface area (Å²) in [6, 6.07) is 7.64. The highest BCUT2D eigenvalue weighted by molar-refractivity contribution is 8.14. The number of ether oxygens (including phenoxy) is 2. The summed E-state index contributed by atoms with van der Waals surface area (Å²) in [6.07, 6.45) is 1.64. The lowest BCUT2D eigenvalue weighted by atomic mass is 9.87. The van der Waals surface area contributed by atoms with E-state index in [4.69, 9.17) is 14.9 Å². The number of amides is 1. The fourth-order valence-corrected chi connectivity index (χ4v) is 4.80. The number of fused-ring (bicyclic) bond motifs is 1. The van der Waals surface area contributed by atoms with E-state index in [2.05, 4.69) is 6.92 Å². The summed E-state index contributed by atoms with van der Waals surface area (Å²) in [4.78, 5) is 13.4. The van der Waals surface area contributed by atoms with Crippen LogP contribution in [0.25, 0.3) is 0 Å². The van der Waals surface area contributed by atoms with Crippen molar-refractivity contribution >= 4 is 22.8 Å². The first-order chi connectivity index (χ1) is 14.7. The van der Waals surface area contributed by atoms with Crippen molar-refractivity contribution in [3.63, 3.8) is 0 Å². The van der Waals surface area contributed by atoms with Crippen molar-refractivity contribution in [2.24, 2.45) is 0 Å². The molecule has 1 fully saturated rings. The van der Waals surface area contributed by atoms with Crippen molar-refractivity contribution in [1.29, 1.82) is 5.41 Å². The standard InChI is InChI=1S/C24H28N2O4S/c1-14-15(2)22-19(16(3)21(14)28)9-10-24(4,30-22)13-29-18-7-5-17(6-8-18)11-26-20(27)12-31-23(26)25/h5-8,25,28H,9-13H2,1-4H3. The van der Waals surface area contributed by atoms with Crippen molar-refractivity contribution in [2.75, 3.05) is 12.4 Å². The lowest BCUT2D eigenvalue weighted by Gasteiger charge is -2.37. The third-order valence-electron chi connectivity index (χ3n) is 6.28. The molecule has 6 nitrogen and oxygen atoms in total. The largest absolute Gasteiger partial charge is 0.507 e. The molecule has 0 aromatic heterocycles. The first-order valence-corrected chi connectivity index (χ1v) is 11.4. The quantitative estimate of drug-likeness (QED) is 0.716. The van der Waals surface area contributed by atoms with E-state index in [1.807, 2.05) is 45.0 Å². The number of nitrogens with zero attached hydrogens (tertiary/aromatic N) is 1. The zero-order valence-electron chi connectivity index (χ0n) is 18.4. The molecule has 1 unspecified atom stereocenters. The van der Waals surface area contributed by atoms with Crippen LogP contribution < -0.4 is 9.47 Å². The van der Waals surface area contributed by atoms with Crippen molar-refractivity contribution in [2.45, 2.75) is 52.7 Å². The van der Waals surface area contributed by atoms with Crippen molar-refractivity contribution in [1.82, 2.24) is 4.90 Å². The molecule has 2 aliphatic heterocycles. The number of aromatic hydroxyl groups is 1. The zero-order chi connectivity index (χ0) is 22.3. The molecular weight excluding hydrogens is 412 g/mol. The van der Waals surface area contributed by atoms with E-state index in [9.17, 15) is 9.90 Å². The van der Waals surface area contributed by atoms with Crippen molar-refractivity contribution < 1.29 is 19.4 Å². The molecule has 0 spiro atoms. The van der Waals surface area contributed by atoms with Gasteiger partial charge in [-0.1, -0.05) is 23.9 Å². The Morgan fingerprint density at radius 3 is 2.55 bits per heavy atom. The topological polar surface area (TPSA) is 82.9 Å². The van der Waals surface area contributed by atoms with E-state index in [-0.39, 0.29) is 5.91 Å². The molecule has 1 saturated heterocycles. The summed E-state index contributed by atoms with van der Waals surface area (Å²) in [5.74, 6) is 2.30. The Morgan fingerprint density at radius 2 is 1.90 bits per heavy atom. The number of hydrogen-bond donors (Lipinski definition) is 2. The van der Waals surface area contributed by atoms with Gasteiger partial charge in [0.25, 0.3) is 0 Å². The average molecular weight is 441 g/mol. The molecule has 1 amide bonds. The number of carbonyl (C=O) groups excluding carboxylic acids is 1. The van der Waals surface area contributed by atoms with E-state index >= 15 is 0 Å². The van der Waals surface area contributed by atoms with Gasteiger partial charge in [0.05, 0.1) is 12.3 Å². The molecular formula is C24H28N2O4S. The Morgan fingerprint density at radius 1 is 1.19 bits per heavy atom. The second-order valence-electron chi connectivity index (χ2n) is 8.59. The molecule has 31 heavy (non-hydrogen) atoms. The van der Waals surface area contributed by atoms with E-state index in [0.717, 1.165) is 52.2 Å². The number of thioether (sulfide) groups is 1. The molecule has 0 aliphatic carbocycles. The molecule has 7 heteroatoms. The number of amidine groups is 1. The predicted molar refractivity (Wildman–Crippen MR) is 122 cm³/mol. The maximum atomic E-state index is 11.9. The Kier molecular flexibility index (Phi) is 5.64. The van der Waals surface area contributed by atoms with E-state index in [1.165, 1.54) is 16.7 Å². The molecule has 164 valence electrons. The predicted octanol–water partition coefficient (Wildman–Crippen LogP) is 4.49. The number of phenols is 1. The minimum absolute atomic E-state index is 0.0212. The molecule has 2 aromatic rings. The van der Waals surface area contributed by atoms with Gasteiger partial charge >= 0.3 is 0 Å².